The van der Waals surface area contributed by atoms with Crippen LogP contribution in [0.2, 0.25) is 0 Å². The second-order valence-corrected chi connectivity index (χ2v) is 12.6. The molecule has 0 aromatic heterocycles. The van der Waals surface area contributed by atoms with Gasteiger partial charge in [0.1, 0.15) is 6.54 Å². The maximum absolute atomic E-state index is 13.0. The SMILES string of the molecule is Cc1cc(C(CCN2CC(=O)NC2=O)CC(C)(C)CCCCS(=O)CCCC(F)(F)C(F)(F)F)ccc1N. The molecule has 1 aliphatic rings. The molecule has 38 heavy (non-hydrogen) atoms. The number of hydrogen-bond donors (Lipinski definition) is 2. The molecule has 3 N–H and O–H groups in total. The fourth-order valence-electron chi connectivity index (χ4n) is 4.65. The van der Waals surface area contributed by atoms with Crippen LogP contribution in [0.1, 0.15) is 75.8 Å². The lowest BCUT2D eigenvalue weighted by Gasteiger charge is -2.31. The number of alkyl halides is 5. The molecule has 1 saturated heterocycles. The molecule has 0 spiro atoms. The van der Waals surface area contributed by atoms with Crippen molar-refractivity contribution in [1.82, 2.24) is 10.2 Å². The number of benzene rings is 1. The van der Waals surface area contributed by atoms with Crippen molar-refractivity contribution in [3.63, 3.8) is 0 Å². The van der Waals surface area contributed by atoms with Crippen LogP contribution in [-0.4, -0.2) is 57.7 Å². The normalized spacial score (nSPS) is 16.6. The van der Waals surface area contributed by atoms with E-state index in [-0.39, 0.29) is 35.3 Å². The smallest absolute Gasteiger partial charge is 0.399 e. The number of nitrogen functional groups attached to an aromatic ring is 1. The first kappa shape index (κ1) is 32.0. The molecule has 0 radical (unpaired) electrons. The van der Waals surface area contributed by atoms with E-state index < -0.39 is 41.8 Å². The first-order valence-corrected chi connectivity index (χ1v) is 14.2. The zero-order valence-electron chi connectivity index (χ0n) is 22.1. The van der Waals surface area contributed by atoms with E-state index in [1.807, 2.05) is 25.1 Å². The van der Waals surface area contributed by atoms with Crippen LogP contribution in [0.5, 0.6) is 0 Å². The van der Waals surface area contributed by atoms with Crippen LogP contribution in [0.3, 0.4) is 0 Å². The summed E-state index contributed by atoms with van der Waals surface area (Å²) in [7, 11) is -1.45. The summed E-state index contributed by atoms with van der Waals surface area (Å²) in [5.41, 5.74) is 8.59. The molecule has 0 aliphatic carbocycles. The minimum Gasteiger partial charge on any atom is -0.399 e. The number of nitrogens with one attached hydrogen (secondary N) is 1. The number of anilines is 1. The van der Waals surface area contributed by atoms with Gasteiger partial charge in [0.05, 0.1) is 0 Å². The fourth-order valence-corrected chi connectivity index (χ4v) is 5.85. The number of imide groups is 1. The molecule has 0 bridgehead atoms. The van der Waals surface area contributed by atoms with Gasteiger partial charge in [0.2, 0.25) is 5.91 Å². The van der Waals surface area contributed by atoms with Crippen LogP contribution in [0, 0.1) is 12.3 Å². The fraction of sp³-hybridized carbons (Fsp3) is 0.692. The number of aryl methyl sites for hydroxylation is 1. The van der Waals surface area contributed by atoms with Crippen LogP contribution in [0.4, 0.5) is 32.4 Å². The van der Waals surface area contributed by atoms with Crippen molar-refractivity contribution in [3.8, 4) is 0 Å². The van der Waals surface area contributed by atoms with Gasteiger partial charge in [-0.15, -0.1) is 0 Å². The molecule has 12 heteroatoms. The molecule has 1 aromatic rings. The molecule has 1 aliphatic heterocycles. The lowest BCUT2D eigenvalue weighted by Crippen LogP contribution is -2.36. The topological polar surface area (TPSA) is 92.5 Å². The minimum absolute atomic E-state index is 0.0424. The van der Waals surface area contributed by atoms with Crippen LogP contribution in [0.15, 0.2) is 18.2 Å². The first-order valence-electron chi connectivity index (χ1n) is 12.7. The van der Waals surface area contributed by atoms with Gasteiger partial charge in [0, 0.05) is 41.0 Å². The van der Waals surface area contributed by atoms with E-state index >= 15 is 0 Å². The summed E-state index contributed by atoms with van der Waals surface area (Å²) in [6, 6.07) is 5.48. The minimum atomic E-state index is -5.58. The molecule has 2 atom stereocenters. The van der Waals surface area contributed by atoms with Gasteiger partial charge in [0.15, 0.2) is 0 Å². The van der Waals surface area contributed by atoms with Crippen molar-refractivity contribution in [2.24, 2.45) is 5.41 Å². The number of carbonyl (C=O) groups excluding carboxylic acids is 2. The number of nitrogens with two attached hydrogens (primary N) is 1. The van der Waals surface area contributed by atoms with E-state index in [1.165, 1.54) is 4.90 Å². The van der Waals surface area contributed by atoms with Gasteiger partial charge in [-0.05, 0) is 67.6 Å². The van der Waals surface area contributed by atoms with E-state index in [0.717, 1.165) is 30.4 Å². The zero-order chi connectivity index (χ0) is 28.7. The Morgan fingerprint density at radius 2 is 1.71 bits per heavy atom. The molecule has 3 amide bonds. The van der Waals surface area contributed by atoms with Gasteiger partial charge < -0.3 is 10.6 Å². The highest BCUT2D eigenvalue weighted by atomic mass is 32.2. The van der Waals surface area contributed by atoms with Gasteiger partial charge in [-0.3, -0.25) is 14.3 Å². The summed E-state index contributed by atoms with van der Waals surface area (Å²) in [5.74, 6) is -4.90. The molecule has 1 heterocycles. The third-order valence-electron chi connectivity index (χ3n) is 6.93. The number of rotatable bonds is 15. The molecule has 6 nitrogen and oxygen atoms in total. The molecule has 0 saturated carbocycles. The third-order valence-corrected chi connectivity index (χ3v) is 8.42. The highest BCUT2D eigenvalue weighted by Gasteiger charge is 2.56. The summed E-state index contributed by atoms with van der Waals surface area (Å²) in [4.78, 5) is 25.0. The lowest BCUT2D eigenvalue weighted by molar-refractivity contribution is -0.284. The van der Waals surface area contributed by atoms with Crippen molar-refractivity contribution in [2.45, 2.75) is 83.7 Å². The Kier molecular flexibility index (Phi) is 11.1. The van der Waals surface area contributed by atoms with E-state index in [1.54, 1.807) is 0 Å². The van der Waals surface area contributed by atoms with Gasteiger partial charge in [-0.25, -0.2) is 4.79 Å². The maximum Gasteiger partial charge on any atom is 0.453 e. The predicted molar refractivity (Wildman–Crippen MR) is 138 cm³/mol. The molecule has 2 rings (SSSR count). The summed E-state index contributed by atoms with van der Waals surface area (Å²) < 4.78 is 74.8. The van der Waals surface area contributed by atoms with Gasteiger partial charge in [-0.1, -0.05) is 32.4 Å². The Labute approximate surface area is 223 Å². The monoisotopic (exact) mass is 567 g/mol. The van der Waals surface area contributed by atoms with E-state index in [9.17, 15) is 35.8 Å². The molecule has 1 fully saturated rings. The Balaban J connectivity index is 1.87. The summed E-state index contributed by atoms with van der Waals surface area (Å²) in [6.45, 7) is 6.63. The van der Waals surface area contributed by atoms with Crippen LogP contribution < -0.4 is 11.1 Å². The highest BCUT2D eigenvalue weighted by Crippen LogP contribution is 2.40. The first-order chi connectivity index (χ1) is 17.5. The Hall–Kier alpha value is -2.24. The highest BCUT2D eigenvalue weighted by molar-refractivity contribution is 7.84. The number of unbranched alkanes of at least 4 members (excludes halogenated alkanes) is 1. The maximum atomic E-state index is 13.0. The molecule has 2 unspecified atom stereocenters. The number of nitrogens with zero attached hydrogens (tertiary/aromatic N) is 1. The number of urea groups is 1. The van der Waals surface area contributed by atoms with Gasteiger partial charge in [-0.2, -0.15) is 22.0 Å². The van der Waals surface area contributed by atoms with Crippen LogP contribution in [0.25, 0.3) is 0 Å². The predicted octanol–water partition coefficient (Wildman–Crippen LogP) is 5.92. The van der Waals surface area contributed by atoms with E-state index in [2.05, 4.69) is 19.2 Å². The van der Waals surface area contributed by atoms with Gasteiger partial charge >= 0.3 is 18.1 Å². The Bertz CT molecular complexity index is 1000. The molecule has 1 aromatic carbocycles. The molecular formula is C26H38F5N3O3S. The average molecular weight is 568 g/mol. The number of halogens is 5. The average Bonchev–Trinajstić information content (AvgIpc) is 3.12. The Morgan fingerprint density at radius 1 is 1.05 bits per heavy atom. The van der Waals surface area contributed by atoms with Crippen molar-refractivity contribution < 1.29 is 35.8 Å². The summed E-state index contributed by atoms with van der Waals surface area (Å²) >= 11 is 0. The Morgan fingerprint density at radius 3 is 2.29 bits per heavy atom. The van der Waals surface area contributed by atoms with E-state index in [4.69, 9.17) is 5.73 Å². The molecular weight excluding hydrogens is 529 g/mol. The van der Waals surface area contributed by atoms with Crippen LogP contribution >= 0.6 is 0 Å². The second-order valence-electron chi connectivity index (χ2n) is 10.9. The standard InChI is InChI=1S/C26H38F5N3O3S/c1-18-15-19(7-8-21(18)32)20(9-12-34-17-22(35)33-23(34)36)16-24(2,3)10-4-5-13-38(37)14-6-11-25(27,28)26(29,30)31/h7-8,15,20H,4-6,9-14,16-17,32H2,1-3H3,(H,33,35,36). The van der Waals surface area contributed by atoms with Crippen molar-refractivity contribution >= 4 is 28.4 Å². The second kappa shape index (κ2) is 13.2. The molecule has 216 valence electrons. The van der Waals surface area contributed by atoms with Crippen molar-refractivity contribution in [1.29, 1.82) is 0 Å². The summed E-state index contributed by atoms with van der Waals surface area (Å²) in [6.07, 6.45) is -3.84. The summed E-state index contributed by atoms with van der Waals surface area (Å²) in [5, 5.41) is 2.28. The van der Waals surface area contributed by atoms with Gasteiger partial charge in [0.25, 0.3) is 0 Å². The number of hydrogen-bond acceptors (Lipinski definition) is 4. The quantitative estimate of drug-likeness (QED) is 0.119. The van der Waals surface area contributed by atoms with Crippen molar-refractivity contribution in [2.75, 3.05) is 30.3 Å². The number of amides is 3. The lowest BCUT2D eigenvalue weighted by atomic mass is 9.75. The van der Waals surface area contributed by atoms with Crippen LogP contribution in [-0.2, 0) is 15.6 Å². The van der Waals surface area contributed by atoms with E-state index in [0.29, 0.717) is 25.1 Å². The number of carbonyl (C=O) groups is 2. The largest absolute Gasteiger partial charge is 0.453 e. The third kappa shape index (κ3) is 9.81. The zero-order valence-corrected chi connectivity index (χ0v) is 23.0. The van der Waals surface area contributed by atoms with Crippen molar-refractivity contribution in [3.05, 3.63) is 29.3 Å².